The minimum absolute atomic E-state index is 0.187. The van der Waals surface area contributed by atoms with Crippen LogP contribution in [0.3, 0.4) is 0 Å². The normalized spacial score (nSPS) is 11.9. The van der Waals surface area contributed by atoms with Gasteiger partial charge in [-0.15, -0.1) is 0 Å². The number of anilines is 1. The van der Waals surface area contributed by atoms with Gasteiger partial charge in [0.2, 0.25) is 21.8 Å². The molecule has 0 spiro atoms. The molecule has 3 aromatic carbocycles. The minimum atomic E-state index is -3.83. The summed E-state index contributed by atoms with van der Waals surface area (Å²) in [6.07, 6.45) is 3.22. The van der Waals surface area contributed by atoms with Crippen molar-refractivity contribution in [3.8, 4) is 11.5 Å². The van der Waals surface area contributed by atoms with Crippen molar-refractivity contribution >= 4 is 27.5 Å². The average Bonchev–Trinajstić information content (AvgIpc) is 2.93. The molecule has 3 rings (SSSR count). The van der Waals surface area contributed by atoms with E-state index in [0.717, 1.165) is 34.5 Å². The van der Waals surface area contributed by atoms with Gasteiger partial charge in [-0.3, -0.25) is 13.9 Å². The summed E-state index contributed by atoms with van der Waals surface area (Å²) in [5, 5.41) is 2.93. The lowest BCUT2D eigenvalue weighted by Crippen LogP contribution is -2.52. The molecule has 40 heavy (non-hydrogen) atoms. The predicted octanol–water partition coefficient (Wildman–Crippen LogP) is 5.28. The molecule has 0 heterocycles. The highest BCUT2D eigenvalue weighted by Crippen LogP contribution is 2.26. The van der Waals surface area contributed by atoms with Crippen molar-refractivity contribution in [1.29, 1.82) is 0 Å². The first-order valence-corrected chi connectivity index (χ1v) is 15.4. The molecule has 9 heteroatoms. The van der Waals surface area contributed by atoms with Gasteiger partial charge in [-0.25, -0.2) is 8.42 Å². The Labute approximate surface area is 238 Å². The Kier molecular flexibility index (Phi) is 11.1. The number of aryl methyl sites for hydroxylation is 1. The fourth-order valence-electron chi connectivity index (χ4n) is 4.32. The molecule has 0 aromatic heterocycles. The van der Waals surface area contributed by atoms with Crippen LogP contribution < -0.4 is 14.4 Å². The van der Waals surface area contributed by atoms with E-state index >= 15 is 0 Å². The van der Waals surface area contributed by atoms with Crippen molar-refractivity contribution in [3.63, 3.8) is 0 Å². The monoisotopic (exact) mass is 565 g/mol. The summed E-state index contributed by atoms with van der Waals surface area (Å²) in [5.74, 6) is 0.479. The van der Waals surface area contributed by atoms with Gasteiger partial charge in [-0.05, 0) is 67.3 Å². The van der Waals surface area contributed by atoms with E-state index in [1.807, 2.05) is 75.4 Å². The van der Waals surface area contributed by atoms with E-state index in [1.54, 1.807) is 24.3 Å². The van der Waals surface area contributed by atoms with E-state index in [1.165, 1.54) is 4.90 Å². The average molecular weight is 566 g/mol. The molecule has 214 valence electrons. The van der Waals surface area contributed by atoms with Gasteiger partial charge in [-0.2, -0.15) is 0 Å². The maximum absolute atomic E-state index is 13.8. The number of nitrogens with zero attached hydrogens (tertiary/aromatic N) is 2. The van der Waals surface area contributed by atoms with Gasteiger partial charge in [0, 0.05) is 13.1 Å². The van der Waals surface area contributed by atoms with Crippen LogP contribution in [0.15, 0.2) is 78.9 Å². The minimum Gasteiger partial charge on any atom is -0.457 e. The van der Waals surface area contributed by atoms with Gasteiger partial charge in [0.15, 0.2) is 0 Å². The Balaban J connectivity index is 1.88. The van der Waals surface area contributed by atoms with Crippen LogP contribution in [-0.4, -0.2) is 50.5 Å². The van der Waals surface area contributed by atoms with Gasteiger partial charge in [0.05, 0.1) is 11.9 Å². The molecule has 0 saturated carbocycles. The van der Waals surface area contributed by atoms with Crippen LogP contribution >= 0.6 is 0 Å². The van der Waals surface area contributed by atoms with Crippen molar-refractivity contribution in [2.24, 2.45) is 0 Å². The van der Waals surface area contributed by atoms with Gasteiger partial charge in [0.25, 0.3) is 0 Å². The first-order valence-electron chi connectivity index (χ1n) is 13.6. The summed E-state index contributed by atoms with van der Waals surface area (Å²) in [5.41, 5.74) is 2.20. The number of rotatable bonds is 14. The number of amides is 2. The van der Waals surface area contributed by atoms with Crippen LogP contribution in [0.5, 0.6) is 11.5 Å². The molecule has 0 bridgehead atoms. The van der Waals surface area contributed by atoms with E-state index in [-0.39, 0.29) is 12.5 Å². The molecule has 8 nitrogen and oxygen atoms in total. The second-order valence-electron chi connectivity index (χ2n) is 9.70. The summed E-state index contributed by atoms with van der Waals surface area (Å²) in [6.45, 7) is 6.10. The molecule has 0 fully saturated rings. The Bertz CT molecular complexity index is 1360. The highest BCUT2D eigenvalue weighted by molar-refractivity contribution is 7.92. The largest absolute Gasteiger partial charge is 0.457 e. The van der Waals surface area contributed by atoms with Crippen LogP contribution in [0.1, 0.15) is 44.2 Å². The maximum atomic E-state index is 13.8. The molecular weight excluding hydrogens is 526 g/mol. The predicted molar refractivity (Wildman–Crippen MR) is 159 cm³/mol. The first-order chi connectivity index (χ1) is 19.1. The number of unbranched alkanes of at least 4 members (excludes halogenated alkanes) is 1. The molecule has 2 amide bonds. The van der Waals surface area contributed by atoms with E-state index in [2.05, 4.69) is 5.32 Å². The molecule has 0 saturated heterocycles. The molecule has 1 N–H and O–H groups in total. The highest BCUT2D eigenvalue weighted by atomic mass is 32.2. The Morgan fingerprint density at radius 1 is 0.900 bits per heavy atom. The van der Waals surface area contributed by atoms with E-state index < -0.39 is 28.5 Å². The zero-order valence-electron chi connectivity index (χ0n) is 23.7. The number of ether oxygens (including phenoxy) is 1. The van der Waals surface area contributed by atoms with Gasteiger partial charge >= 0.3 is 0 Å². The van der Waals surface area contributed by atoms with Crippen LogP contribution in [0, 0.1) is 6.92 Å². The number of para-hydroxylation sites is 1. The van der Waals surface area contributed by atoms with Crippen LogP contribution in [0.4, 0.5) is 5.69 Å². The Morgan fingerprint density at radius 3 is 2.12 bits per heavy atom. The van der Waals surface area contributed by atoms with Crippen LogP contribution in [-0.2, 0) is 26.2 Å². The summed E-state index contributed by atoms with van der Waals surface area (Å²) in [7, 11) is -3.83. The summed E-state index contributed by atoms with van der Waals surface area (Å²) < 4.78 is 32.6. The summed E-state index contributed by atoms with van der Waals surface area (Å²) in [4.78, 5) is 28.5. The van der Waals surface area contributed by atoms with Crippen molar-refractivity contribution in [2.75, 3.05) is 23.7 Å². The van der Waals surface area contributed by atoms with E-state index in [9.17, 15) is 18.0 Å². The molecule has 3 aromatic rings. The molecule has 1 atom stereocenters. The molecule has 0 radical (unpaired) electrons. The highest BCUT2D eigenvalue weighted by Gasteiger charge is 2.31. The number of carbonyl (C=O) groups excluding carboxylic acids is 2. The third-order valence-corrected chi connectivity index (χ3v) is 7.74. The van der Waals surface area contributed by atoms with E-state index in [0.29, 0.717) is 30.2 Å². The fraction of sp³-hybridized carbons (Fsp3) is 0.355. The zero-order valence-corrected chi connectivity index (χ0v) is 24.5. The Morgan fingerprint density at radius 2 is 1.52 bits per heavy atom. The van der Waals surface area contributed by atoms with Gasteiger partial charge in [0.1, 0.15) is 24.1 Å². The number of hydrogen-bond acceptors (Lipinski definition) is 5. The SMILES string of the molecule is CCCCNC(=O)[C@@H](CC)N(Cc1ccccc1C)C(=O)CN(c1ccc(Oc2ccccc2)cc1)S(C)(=O)=O. The number of sulfonamides is 1. The number of hydrogen-bond donors (Lipinski definition) is 1. The number of nitrogens with one attached hydrogen (secondary N) is 1. The van der Waals surface area contributed by atoms with Crippen LogP contribution in [0.2, 0.25) is 0 Å². The fourth-order valence-corrected chi connectivity index (χ4v) is 5.17. The standard InChI is InChI=1S/C31H39N3O5S/c1-5-7-21-32-31(36)29(6-2)33(22-25-14-12-11-13-24(25)3)30(35)23-34(40(4,37)38)26-17-19-28(20-18-26)39-27-15-9-8-10-16-27/h8-20,29H,5-7,21-23H2,1-4H3,(H,32,36)/t29-/m1/s1. The molecular formula is C31H39N3O5S. The van der Waals surface area contributed by atoms with Gasteiger partial charge < -0.3 is 15.0 Å². The van der Waals surface area contributed by atoms with E-state index in [4.69, 9.17) is 4.74 Å². The van der Waals surface area contributed by atoms with Crippen LogP contribution in [0.25, 0.3) is 0 Å². The summed E-state index contributed by atoms with van der Waals surface area (Å²) >= 11 is 0. The second-order valence-corrected chi connectivity index (χ2v) is 11.6. The Hall–Kier alpha value is -3.85. The molecule has 0 aliphatic carbocycles. The van der Waals surface area contributed by atoms with Crippen molar-refractivity contribution < 1.29 is 22.7 Å². The van der Waals surface area contributed by atoms with Crippen molar-refractivity contribution in [2.45, 2.75) is 52.6 Å². The van der Waals surface area contributed by atoms with Crippen molar-refractivity contribution in [3.05, 3.63) is 90.0 Å². The lowest BCUT2D eigenvalue weighted by molar-refractivity contribution is -0.140. The topological polar surface area (TPSA) is 96.0 Å². The lowest BCUT2D eigenvalue weighted by Gasteiger charge is -2.33. The molecule has 0 aliphatic heterocycles. The molecule has 0 aliphatic rings. The number of carbonyl (C=O) groups is 2. The maximum Gasteiger partial charge on any atom is 0.244 e. The molecule has 0 unspecified atom stereocenters. The summed E-state index contributed by atoms with van der Waals surface area (Å²) in [6, 6.07) is 22.7. The second kappa shape index (κ2) is 14.5. The van der Waals surface area contributed by atoms with Crippen molar-refractivity contribution in [1.82, 2.24) is 10.2 Å². The third-order valence-electron chi connectivity index (χ3n) is 6.60. The number of benzene rings is 3. The zero-order chi connectivity index (χ0) is 29.1. The lowest BCUT2D eigenvalue weighted by atomic mass is 10.1. The van der Waals surface area contributed by atoms with Gasteiger partial charge in [-0.1, -0.05) is 62.7 Å². The third kappa shape index (κ3) is 8.58. The quantitative estimate of drug-likeness (QED) is 0.269. The first kappa shape index (κ1) is 30.7. The smallest absolute Gasteiger partial charge is 0.244 e.